The minimum atomic E-state index is -3.62. The Balaban J connectivity index is 1.80. The van der Waals surface area contributed by atoms with Crippen LogP contribution < -0.4 is 4.72 Å². The third-order valence-electron chi connectivity index (χ3n) is 3.78. The summed E-state index contributed by atoms with van der Waals surface area (Å²) >= 11 is 0. The Labute approximate surface area is 135 Å². The van der Waals surface area contributed by atoms with E-state index in [1.54, 1.807) is 11.3 Å². The Bertz CT molecular complexity index is 781. The number of fused-ring (bicyclic) bond motifs is 1. The fourth-order valence-corrected chi connectivity index (χ4v) is 4.35. The fourth-order valence-electron chi connectivity index (χ4n) is 2.83. The van der Waals surface area contributed by atoms with Crippen LogP contribution in [0.25, 0.3) is 5.65 Å². The third-order valence-corrected chi connectivity index (χ3v) is 5.41. The Morgan fingerprint density at radius 2 is 1.96 bits per heavy atom. The summed E-state index contributed by atoms with van der Waals surface area (Å²) in [5, 5.41) is 8.15. The molecule has 8 nitrogen and oxygen atoms in total. The van der Waals surface area contributed by atoms with Crippen LogP contribution in [0.2, 0.25) is 0 Å². The van der Waals surface area contributed by atoms with E-state index >= 15 is 0 Å². The number of pyridine rings is 1. The quantitative estimate of drug-likeness (QED) is 0.887. The summed E-state index contributed by atoms with van der Waals surface area (Å²) in [5.74, 6) is 0.554. The van der Waals surface area contributed by atoms with Gasteiger partial charge in [-0.05, 0) is 32.9 Å². The van der Waals surface area contributed by atoms with Gasteiger partial charge < -0.3 is 4.74 Å². The van der Waals surface area contributed by atoms with Gasteiger partial charge in [0, 0.05) is 19.3 Å². The highest BCUT2D eigenvalue weighted by Gasteiger charge is 2.32. The molecule has 1 aliphatic heterocycles. The molecule has 3 heterocycles. The van der Waals surface area contributed by atoms with Gasteiger partial charge in [0.15, 0.2) is 11.5 Å². The maximum absolute atomic E-state index is 12.6. The first-order chi connectivity index (χ1) is 10.9. The Morgan fingerprint density at radius 1 is 1.26 bits per heavy atom. The molecule has 1 saturated heterocycles. The van der Waals surface area contributed by atoms with Gasteiger partial charge in [-0.3, -0.25) is 4.40 Å². The third kappa shape index (κ3) is 3.37. The molecule has 0 spiro atoms. The molecule has 0 bridgehead atoms. The summed E-state index contributed by atoms with van der Waals surface area (Å²) in [6.07, 6.45) is 1.56. The van der Waals surface area contributed by atoms with Gasteiger partial charge in [0.25, 0.3) is 10.2 Å². The predicted octanol–water partition coefficient (Wildman–Crippen LogP) is 0.734. The molecule has 3 unspecified atom stereocenters. The lowest BCUT2D eigenvalue weighted by molar-refractivity contribution is -0.0444. The summed E-state index contributed by atoms with van der Waals surface area (Å²) in [5.41, 5.74) is 0.683. The van der Waals surface area contributed by atoms with Crippen molar-refractivity contribution in [3.63, 3.8) is 0 Å². The zero-order valence-corrected chi connectivity index (χ0v) is 14.2. The van der Waals surface area contributed by atoms with Crippen LogP contribution >= 0.6 is 0 Å². The van der Waals surface area contributed by atoms with Gasteiger partial charge in [-0.2, -0.15) is 17.4 Å². The molecule has 2 aromatic heterocycles. The van der Waals surface area contributed by atoms with Gasteiger partial charge >= 0.3 is 0 Å². The SMILES string of the molecule is CC1CN(S(=O)(=O)NC(C)c2nnc3ccccn23)CC(C)O1. The van der Waals surface area contributed by atoms with Crippen LogP contribution in [0.4, 0.5) is 0 Å². The van der Waals surface area contributed by atoms with E-state index in [-0.39, 0.29) is 12.2 Å². The molecule has 1 aliphatic rings. The van der Waals surface area contributed by atoms with Gasteiger partial charge in [-0.1, -0.05) is 6.07 Å². The lowest BCUT2D eigenvalue weighted by Crippen LogP contribution is -2.52. The zero-order valence-electron chi connectivity index (χ0n) is 13.4. The maximum Gasteiger partial charge on any atom is 0.280 e. The van der Waals surface area contributed by atoms with E-state index in [9.17, 15) is 8.42 Å². The van der Waals surface area contributed by atoms with Crippen LogP contribution in [0, 0.1) is 0 Å². The summed E-state index contributed by atoms with van der Waals surface area (Å²) in [7, 11) is -3.62. The lowest BCUT2D eigenvalue weighted by atomic mass is 10.3. The van der Waals surface area contributed by atoms with Crippen molar-refractivity contribution >= 4 is 15.9 Å². The molecule has 0 aromatic carbocycles. The molecule has 0 amide bonds. The lowest BCUT2D eigenvalue weighted by Gasteiger charge is -2.34. The summed E-state index contributed by atoms with van der Waals surface area (Å²) in [4.78, 5) is 0. The highest BCUT2D eigenvalue weighted by molar-refractivity contribution is 7.87. The highest BCUT2D eigenvalue weighted by atomic mass is 32.2. The van der Waals surface area contributed by atoms with E-state index in [2.05, 4.69) is 14.9 Å². The second-order valence-electron chi connectivity index (χ2n) is 5.91. The number of nitrogens with one attached hydrogen (secondary N) is 1. The van der Waals surface area contributed by atoms with E-state index in [0.717, 1.165) is 0 Å². The van der Waals surface area contributed by atoms with Gasteiger partial charge in [0.05, 0.1) is 18.2 Å². The molecular formula is C14H21N5O3S. The zero-order chi connectivity index (χ0) is 16.6. The second-order valence-corrected chi connectivity index (χ2v) is 7.61. The Hall–Kier alpha value is -1.55. The topological polar surface area (TPSA) is 88.8 Å². The molecule has 126 valence electrons. The molecule has 0 saturated carbocycles. The highest BCUT2D eigenvalue weighted by Crippen LogP contribution is 2.17. The molecule has 1 fully saturated rings. The summed E-state index contributed by atoms with van der Waals surface area (Å²) in [6.45, 7) is 6.18. The van der Waals surface area contributed by atoms with Crippen molar-refractivity contribution in [2.75, 3.05) is 13.1 Å². The van der Waals surface area contributed by atoms with E-state index < -0.39 is 16.3 Å². The van der Waals surface area contributed by atoms with Crippen LogP contribution in [0.15, 0.2) is 24.4 Å². The predicted molar refractivity (Wildman–Crippen MR) is 85.0 cm³/mol. The maximum atomic E-state index is 12.6. The van der Waals surface area contributed by atoms with Crippen LogP contribution in [-0.2, 0) is 14.9 Å². The molecule has 9 heteroatoms. The normalized spacial score (nSPS) is 24.8. The number of aromatic nitrogens is 3. The largest absolute Gasteiger partial charge is 0.373 e. The number of hydrogen-bond donors (Lipinski definition) is 1. The van der Waals surface area contributed by atoms with Crippen molar-refractivity contribution in [2.45, 2.75) is 39.0 Å². The number of morpholine rings is 1. The standard InChI is InChI=1S/C14H21N5O3S/c1-10-8-18(9-11(2)22-10)23(20,21)17-12(3)14-16-15-13-6-4-5-7-19(13)14/h4-7,10-12,17H,8-9H2,1-3H3. The minimum absolute atomic E-state index is 0.125. The first-order valence-electron chi connectivity index (χ1n) is 7.59. The van der Waals surface area contributed by atoms with Gasteiger partial charge in [-0.15, -0.1) is 10.2 Å². The molecule has 0 aliphatic carbocycles. The van der Waals surface area contributed by atoms with E-state index in [1.807, 2.05) is 38.2 Å². The molecule has 3 atom stereocenters. The van der Waals surface area contributed by atoms with E-state index in [0.29, 0.717) is 24.6 Å². The first kappa shape index (κ1) is 16.3. The second kappa shape index (κ2) is 6.16. The van der Waals surface area contributed by atoms with Gasteiger partial charge in [-0.25, -0.2) is 0 Å². The fraction of sp³-hybridized carbons (Fsp3) is 0.571. The molecule has 0 radical (unpaired) electrons. The van der Waals surface area contributed by atoms with Crippen LogP contribution in [0.3, 0.4) is 0 Å². The molecule has 2 aromatic rings. The van der Waals surface area contributed by atoms with Crippen molar-refractivity contribution in [3.8, 4) is 0 Å². The monoisotopic (exact) mass is 339 g/mol. The van der Waals surface area contributed by atoms with Gasteiger partial charge in [0.1, 0.15) is 0 Å². The van der Waals surface area contributed by atoms with E-state index in [4.69, 9.17) is 4.74 Å². The van der Waals surface area contributed by atoms with Crippen molar-refractivity contribution in [1.82, 2.24) is 23.6 Å². The number of ether oxygens (including phenoxy) is 1. The van der Waals surface area contributed by atoms with E-state index in [1.165, 1.54) is 4.31 Å². The number of hydrogen-bond acceptors (Lipinski definition) is 5. The Kier molecular flexibility index (Phi) is 4.37. The molecule has 23 heavy (non-hydrogen) atoms. The number of nitrogens with zero attached hydrogens (tertiary/aromatic N) is 4. The van der Waals surface area contributed by atoms with Gasteiger partial charge in [0.2, 0.25) is 0 Å². The molecule has 1 N–H and O–H groups in total. The average molecular weight is 339 g/mol. The Morgan fingerprint density at radius 3 is 2.65 bits per heavy atom. The van der Waals surface area contributed by atoms with Crippen molar-refractivity contribution in [2.24, 2.45) is 0 Å². The minimum Gasteiger partial charge on any atom is -0.373 e. The molecule has 3 rings (SSSR count). The number of rotatable bonds is 4. The first-order valence-corrected chi connectivity index (χ1v) is 9.03. The smallest absolute Gasteiger partial charge is 0.280 e. The average Bonchev–Trinajstić information content (AvgIpc) is 2.89. The van der Waals surface area contributed by atoms with Crippen LogP contribution in [0.1, 0.15) is 32.6 Å². The molecular weight excluding hydrogens is 318 g/mol. The van der Waals surface area contributed by atoms with Crippen molar-refractivity contribution in [3.05, 3.63) is 30.2 Å². The van der Waals surface area contributed by atoms with Crippen molar-refractivity contribution < 1.29 is 13.2 Å². The van der Waals surface area contributed by atoms with Crippen LogP contribution in [-0.4, -0.2) is 52.6 Å². The van der Waals surface area contributed by atoms with Crippen LogP contribution in [0.5, 0.6) is 0 Å². The summed E-state index contributed by atoms with van der Waals surface area (Å²) in [6, 6.07) is 5.04. The van der Waals surface area contributed by atoms with Crippen molar-refractivity contribution in [1.29, 1.82) is 0 Å². The summed E-state index contributed by atoms with van der Waals surface area (Å²) < 4.78 is 36.7.